The van der Waals surface area contributed by atoms with Crippen LogP contribution in [0.15, 0.2) is 35.0 Å². The number of ether oxygens (including phenoxy) is 1. The molecule has 1 unspecified atom stereocenters. The summed E-state index contributed by atoms with van der Waals surface area (Å²) in [7, 11) is 1.52. The van der Waals surface area contributed by atoms with Gasteiger partial charge in [-0.3, -0.25) is 4.79 Å². The first-order valence-corrected chi connectivity index (χ1v) is 7.23. The van der Waals surface area contributed by atoms with Crippen molar-refractivity contribution in [1.82, 2.24) is 5.32 Å². The van der Waals surface area contributed by atoms with E-state index in [0.29, 0.717) is 5.75 Å². The topological polar surface area (TPSA) is 58.6 Å². The number of hydrogen-bond acceptors (Lipinski definition) is 4. The molecule has 0 aliphatic carbocycles. The Morgan fingerprint density at radius 1 is 1.45 bits per heavy atom. The van der Waals surface area contributed by atoms with E-state index in [1.807, 2.05) is 18.4 Å². The zero-order valence-electron chi connectivity index (χ0n) is 11.4. The molecule has 106 valence electrons. The Bertz CT molecular complexity index is 581. The molecule has 2 rings (SSSR count). The van der Waals surface area contributed by atoms with E-state index >= 15 is 0 Å². The van der Waals surface area contributed by atoms with Gasteiger partial charge in [0.1, 0.15) is 11.5 Å². The highest BCUT2D eigenvalue weighted by Crippen LogP contribution is 2.22. The molecule has 1 aromatic carbocycles. The molecule has 0 spiro atoms. The highest BCUT2D eigenvalue weighted by atomic mass is 32.1. The Balaban J connectivity index is 2.04. The van der Waals surface area contributed by atoms with E-state index in [9.17, 15) is 9.90 Å². The van der Waals surface area contributed by atoms with Crippen molar-refractivity contribution < 1.29 is 14.6 Å². The van der Waals surface area contributed by atoms with Gasteiger partial charge in [-0.25, -0.2) is 0 Å². The van der Waals surface area contributed by atoms with E-state index in [1.165, 1.54) is 24.8 Å². The quantitative estimate of drug-likeness (QED) is 0.890. The van der Waals surface area contributed by atoms with Crippen molar-refractivity contribution in [2.24, 2.45) is 0 Å². The molecular weight excluding hydrogens is 274 g/mol. The number of thiophene rings is 1. The van der Waals surface area contributed by atoms with Crippen LogP contribution in [-0.2, 0) is 6.42 Å². The van der Waals surface area contributed by atoms with Crippen LogP contribution >= 0.6 is 11.3 Å². The number of nitrogens with one attached hydrogen (secondary N) is 1. The maximum atomic E-state index is 12.1. The number of methoxy groups -OCH3 is 1. The second-order valence-electron chi connectivity index (χ2n) is 4.59. The lowest BCUT2D eigenvalue weighted by atomic mass is 10.1. The van der Waals surface area contributed by atoms with Gasteiger partial charge in [0.25, 0.3) is 5.91 Å². The summed E-state index contributed by atoms with van der Waals surface area (Å²) in [5.74, 6) is 0.189. The zero-order valence-corrected chi connectivity index (χ0v) is 12.2. The van der Waals surface area contributed by atoms with Crippen LogP contribution in [0.3, 0.4) is 0 Å². The van der Waals surface area contributed by atoms with Crippen molar-refractivity contribution in [1.29, 1.82) is 0 Å². The molecule has 1 heterocycles. The van der Waals surface area contributed by atoms with Crippen molar-refractivity contribution in [3.63, 3.8) is 0 Å². The maximum Gasteiger partial charge on any atom is 0.255 e. The summed E-state index contributed by atoms with van der Waals surface area (Å²) < 4.78 is 5.06. The van der Waals surface area contributed by atoms with Crippen LogP contribution in [0.5, 0.6) is 11.5 Å². The molecule has 1 amide bonds. The summed E-state index contributed by atoms with van der Waals surface area (Å²) in [5.41, 5.74) is 1.42. The second kappa shape index (κ2) is 6.43. The summed E-state index contributed by atoms with van der Waals surface area (Å²) in [4.78, 5) is 12.1. The fourth-order valence-electron chi connectivity index (χ4n) is 1.94. The second-order valence-corrected chi connectivity index (χ2v) is 5.37. The van der Waals surface area contributed by atoms with Crippen molar-refractivity contribution >= 4 is 17.2 Å². The van der Waals surface area contributed by atoms with Gasteiger partial charge in [-0.1, -0.05) is 0 Å². The number of carbonyl (C=O) groups excluding carboxylic acids is 1. The van der Waals surface area contributed by atoms with E-state index in [2.05, 4.69) is 10.7 Å². The third kappa shape index (κ3) is 3.51. The third-order valence-electron chi connectivity index (χ3n) is 2.95. The average Bonchev–Trinajstić information content (AvgIpc) is 2.91. The van der Waals surface area contributed by atoms with Gasteiger partial charge in [0.2, 0.25) is 0 Å². The molecule has 0 bridgehead atoms. The largest absolute Gasteiger partial charge is 0.507 e. The van der Waals surface area contributed by atoms with E-state index in [0.717, 1.165) is 6.42 Å². The molecule has 0 aliphatic heterocycles. The predicted octanol–water partition coefficient (Wildman–Crippen LogP) is 2.82. The molecule has 0 saturated heterocycles. The summed E-state index contributed by atoms with van der Waals surface area (Å²) in [6, 6.07) is 6.62. The number of carbonyl (C=O) groups is 1. The number of phenolic OH excluding ortho intramolecular Hbond substituents is 1. The molecule has 20 heavy (non-hydrogen) atoms. The van der Waals surface area contributed by atoms with Crippen molar-refractivity contribution in [3.05, 3.63) is 46.2 Å². The van der Waals surface area contributed by atoms with Gasteiger partial charge in [0.15, 0.2) is 0 Å². The van der Waals surface area contributed by atoms with Crippen LogP contribution in [0, 0.1) is 0 Å². The van der Waals surface area contributed by atoms with Gasteiger partial charge >= 0.3 is 0 Å². The fourth-order valence-corrected chi connectivity index (χ4v) is 2.62. The van der Waals surface area contributed by atoms with Crippen LogP contribution in [0.25, 0.3) is 0 Å². The fraction of sp³-hybridized carbons (Fsp3) is 0.267. The highest BCUT2D eigenvalue weighted by molar-refractivity contribution is 7.07. The van der Waals surface area contributed by atoms with Crippen LogP contribution in [0.1, 0.15) is 22.8 Å². The molecule has 2 aromatic rings. The molecule has 0 fully saturated rings. The molecule has 1 atom stereocenters. The maximum absolute atomic E-state index is 12.1. The van der Waals surface area contributed by atoms with E-state index in [1.54, 1.807) is 17.4 Å². The highest BCUT2D eigenvalue weighted by Gasteiger charge is 2.15. The standard InChI is InChI=1S/C15H17NO3S/c1-10(7-11-5-6-20-9-11)16-15(18)13-8-12(19-2)3-4-14(13)17/h3-6,8-10,17H,7H2,1-2H3,(H,16,18). The van der Waals surface area contributed by atoms with Gasteiger partial charge in [-0.05, 0) is 53.9 Å². The lowest BCUT2D eigenvalue weighted by Crippen LogP contribution is -2.34. The molecule has 0 aliphatic rings. The Morgan fingerprint density at radius 2 is 2.25 bits per heavy atom. The third-order valence-corrected chi connectivity index (χ3v) is 3.68. The SMILES string of the molecule is COc1ccc(O)c(C(=O)NC(C)Cc2ccsc2)c1. The molecule has 0 saturated carbocycles. The molecule has 1 aromatic heterocycles. The lowest BCUT2D eigenvalue weighted by molar-refractivity contribution is 0.0937. The predicted molar refractivity (Wildman–Crippen MR) is 79.6 cm³/mol. The molecule has 2 N–H and O–H groups in total. The number of aromatic hydroxyl groups is 1. The molecular formula is C15H17NO3S. The van der Waals surface area contributed by atoms with Gasteiger partial charge in [0, 0.05) is 6.04 Å². The summed E-state index contributed by atoms with van der Waals surface area (Å²) in [5, 5.41) is 16.7. The number of rotatable bonds is 5. The van der Waals surface area contributed by atoms with Crippen LogP contribution in [0.2, 0.25) is 0 Å². The van der Waals surface area contributed by atoms with Crippen LogP contribution in [-0.4, -0.2) is 24.2 Å². The van der Waals surface area contributed by atoms with Gasteiger partial charge in [0.05, 0.1) is 12.7 Å². The Labute approximate surface area is 122 Å². The van der Waals surface area contributed by atoms with Crippen LogP contribution < -0.4 is 10.1 Å². The Morgan fingerprint density at radius 3 is 2.90 bits per heavy atom. The smallest absolute Gasteiger partial charge is 0.255 e. The molecule has 0 radical (unpaired) electrons. The normalized spacial score (nSPS) is 11.9. The first kappa shape index (κ1) is 14.4. The summed E-state index contributed by atoms with van der Waals surface area (Å²) >= 11 is 1.63. The monoisotopic (exact) mass is 291 g/mol. The number of benzene rings is 1. The number of amides is 1. The van der Waals surface area contributed by atoms with Gasteiger partial charge in [-0.15, -0.1) is 0 Å². The van der Waals surface area contributed by atoms with E-state index in [4.69, 9.17) is 4.74 Å². The summed E-state index contributed by atoms with van der Waals surface area (Å²) in [6.45, 7) is 1.94. The first-order valence-electron chi connectivity index (χ1n) is 6.29. The van der Waals surface area contributed by atoms with Crippen molar-refractivity contribution in [2.75, 3.05) is 7.11 Å². The van der Waals surface area contributed by atoms with Crippen LogP contribution in [0.4, 0.5) is 0 Å². The van der Waals surface area contributed by atoms with Gasteiger partial charge in [-0.2, -0.15) is 11.3 Å². The average molecular weight is 291 g/mol. The van der Waals surface area contributed by atoms with Crippen molar-refractivity contribution in [2.45, 2.75) is 19.4 Å². The molecule has 5 heteroatoms. The van der Waals surface area contributed by atoms with E-state index in [-0.39, 0.29) is 23.3 Å². The number of hydrogen-bond donors (Lipinski definition) is 2. The molecule has 4 nitrogen and oxygen atoms in total. The first-order chi connectivity index (χ1) is 9.60. The lowest BCUT2D eigenvalue weighted by Gasteiger charge is -2.14. The minimum Gasteiger partial charge on any atom is -0.507 e. The van der Waals surface area contributed by atoms with Crippen molar-refractivity contribution in [3.8, 4) is 11.5 Å². The minimum atomic E-state index is -0.302. The minimum absolute atomic E-state index is 0.0114. The zero-order chi connectivity index (χ0) is 14.5. The van der Waals surface area contributed by atoms with Gasteiger partial charge < -0.3 is 15.2 Å². The Hall–Kier alpha value is -2.01. The van der Waals surface area contributed by atoms with E-state index < -0.39 is 0 Å². The number of phenols is 1. The Kier molecular flexibility index (Phi) is 4.63. The summed E-state index contributed by atoms with van der Waals surface area (Å²) in [6.07, 6.45) is 0.764.